The van der Waals surface area contributed by atoms with E-state index in [9.17, 15) is 9.59 Å². The van der Waals surface area contributed by atoms with Crippen LogP contribution >= 0.6 is 0 Å². The Balaban J connectivity index is 1.53. The minimum atomic E-state index is -0.489. The van der Waals surface area contributed by atoms with Gasteiger partial charge in [0.2, 0.25) is 11.6 Å². The van der Waals surface area contributed by atoms with Crippen LogP contribution in [-0.2, 0) is 11.3 Å². The minimum absolute atomic E-state index is 0.156. The van der Waals surface area contributed by atoms with Crippen LogP contribution < -0.4 is 15.7 Å². The van der Waals surface area contributed by atoms with Gasteiger partial charge in [0.25, 0.3) is 5.88 Å². The summed E-state index contributed by atoms with van der Waals surface area (Å²) in [7, 11) is 0. The highest BCUT2D eigenvalue weighted by atomic mass is 16.5. The van der Waals surface area contributed by atoms with Crippen LogP contribution in [0.4, 0.5) is 5.69 Å². The lowest BCUT2D eigenvalue weighted by Gasteiger charge is -2.07. The van der Waals surface area contributed by atoms with E-state index in [1.807, 2.05) is 30.3 Å². The number of anilines is 1. The van der Waals surface area contributed by atoms with Crippen molar-refractivity contribution in [2.24, 2.45) is 0 Å². The van der Waals surface area contributed by atoms with E-state index in [2.05, 4.69) is 15.4 Å². The van der Waals surface area contributed by atoms with Crippen molar-refractivity contribution in [1.29, 1.82) is 5.26 Å². The van der Waals surface area contributed by atoms with Gasteiger partial charge in [0.15, 0.2) is 0 Å². The third-order valence-corrected chi connectivity index (χ3v) is 4.92. The predicted octanol–water partition coefficient (Wildman–Crippen LogP) is 3.35. The zero-order valence-corrected chi connectivity index (χ0v) is 17.2. The largest absolute Gasteiger partial charge is 0.436 e. The molecule has 0 aliphatic heterocycles. The van der Waals surface area contributed by atoms with Crippen LogP contribution in [0.3, 0.4) is 0 Å². The van der Waals surface area contributed by atoms with Crippen molar-refractivity contribution in [3.63, 3.8) is 0 Å². The van der Waals surface area contributed by atoms with Gasteiger partial charge >= 0.3 is 5.69 Å². The van der Waals surface area contributed by atoms with E-state index in [0.717, 1.165) is 4.68 Å². The summed E-state index contributed by atoms with van der Waals surface area (Å²) in [6.07, 6.45) is 0. The molecule has 0 aliphatic rings. The number of hydrogen-bond acceptors (Lipinski definition) is 6. The van der Waals surface area contributed by atoms with Gasteiger partial charge < -0.3 is 10.1 Å². The van der Waals surface area contributed by atoms with Crippen LogP contribution in [0.25, 0.3) is 16.7 Å². The van der Waals surface area contributed by atoms with Crippen LogP contribution in [0, 0.1) is 11.3 Å². The molecule has 0 unspecified atom stereocenters. The molecule has 3 aromatic carbocycles. The van der Waals surface area contributed by atoms with E-state index in [-0.39, 0.29) is 18.1 Å². The number of carbonyl (C=O) groups excluding carboxylic acids is 1. The second-order valence-electron chi connectivity index (χ2n) is 7.16. The fraction of sp³-hybridized carbons (Fsp3) is 0.0417. The topological polar surface area (TPSA) is 114 Å². The van der Waals surface area contributed by atoms with E-state index in [4.69, 9.17) is 10.00 Å². The lowest BCUT2D eigenvalue weighted by molar-refractivity contribution is -0.117. The summed E-state index contributed by atoms with van der Waals surface area (Å²) in [5, 5.41) is 15.9. The Kier molecular flexibility index (Phi) is 5.01. The first kappa shape index (κ1) is 20.0. The first-order valence-electron chi connectivity index (χ1n) is 10.0. The van der Waals surface area contributed by atoms with Crippen molar-refractivity contribution in [3.8, 4) is 17.7 Å². The molecule has 0 spiro atoms. The highest BCUT2D eigenvalue weighted by Gasteiger charge is 2.19. The minimum Gasteiger partial charge on any atom is -0.436 e. The van der Waals surface area contributed by atoms with E-state index < -0.39 is 11.6 Å². The smallest absolute Gasteiger partial charge is 0.351 e. The lowest BCUT2D eigenvalue weighted by atomic mass is 10.2. The van der Waals surface area contributed by atoms with Crippen molar-refractivity contribution in [3.05, 3.63) is 94.9 Å². The van der Waals surface area contributed by atoms with Gasteiger partial charge in [0.1, 0.15) is 12.3 Å². The van der Waals surface area contributed by atoms with Crippen LogP contribution in [0.5, 0.6) is 11.6 Å². The number of para-hydroxylation sites is 3. The Labute approximate surface area is 187 Å². The van der Waals surface area contributed by atoms with Gasteiger partial charge in [-0.25, -0.2) is 18.9 Å². The first-order valence-corrected chi connectivity index (χ1v) is 10.0. The Bertz CT molecular complexity index is 1580. The number of rotatable bonds is 5. The van der Waals surface area contributed by atoms with Crippen molar-refractivity contribution in [2.45, 2.75) is 6.54 Å². The highest BCUT2D eigenvalue weighted by molar-refractivity contribution is 5.90. The number of nitrogens with zero attached hydrogens (tertiary/aromatic N) is 5. The predicted molar refractivity (Wildman–Crippen MR) is 121 cm³/mol. The molecular formula is C24H16N6O3. The standard InChI is InChI=1S/C24H16N6O3/c25-14-16-10-12-17(13-11-16)26-21(31)15-29-24(32)30-20-9-5-4-8-19(20)27-23(22(30)28-29)33-18-6-2-1-3-7-18/h1-13H,15H2,(H,26,31). The van der Waals surface area contributed by atoms with Gasteiger partial charge in [-0.2, -0.15) is 5.26 Å². The Morgan fingerprint density at radius 3 is 2.48 bits per heavy atom. The average Bonchev–Trinajstić information content (AvgIpc) is 3.16. The monoisotopic (exact) mass is 436 g/mol. The van der Waals surface area contributed by atoms with Crippen molar-refractivity contribution < 1.29 is 9.53 Å². The zero-order chi connectivity index (χ0) is 22.8. The number of ether oxygens (including phenoxy) is 1. The highest BCUT2D eigenvalue weighted by Crippen LogP contribution is 2.25. The van der Waals surface area contributed by atoms with Crippen LogP contribution in [0.2, 0.25) is 0 Å². The fourth-order valence-corrected chi connectivity index (χ4v) is 3.41. The summed E-state index contributed by atoms with van der Waals surface area (Å²) in [5.41, 5.74) is 1.81. The molecule has 1 amide bonds. The molecule has 2 aromatic heterocycles. The van der Waals surface area contributed by atoms with Gasteiger partial charge in [-0.05, 0) is 48.5 Å². The molecule has 0 radical (unpaired) electrons. The van der Waals surface area contributed by atoms with Gasteiger partial charge in [-0.1, -0.05) is 30.3 Å². The van der Waals surface area contributed by atoms with Crippen molar-refractivity contribution in [1.82, 2.24) is 19.2 Å². The second-order valence-corrected chi connectivity index (χ2v) is 7.16. The lowest BCUT2D eigenvalue weighted by Crippen LogP contribution is -2.28. The molecule has 2 heterocycles. The molecule has 5 rings (SSSR count). The SMILES string of the molecule is N#Cc1ccc(NC(=O)Cn2nc3c(Oc4ccccc4)nc4ccccc4n3c2=O)cc1. The molecular weight excluding hydrogens is 420 g/mol. The average molecular weight is 436 g/mol. The molecule has 9 heteroatoms. The number of fused-ring (bicyclic) bond motifs is 3. The summed E-state index contributed by atoms with van der Waals surface area (Å²) in [6.45, 7) is -0.306. The molecule has 33 heavy (non-hydrogen) atoms. The first-order chi connectivity index (χ1) is 16.1. The maximum atomic E-state index is 13.2. The Morgan fingerprint density at radius 2 is 1.73 bits per heavy atom. The summed E-state index contributed by atoms with van der Waals surface area (Å²) in [4.78, 5) is 30.3. The number of amides is 1. The summed E-state index contributed by atoms with van der Waals surface area (Å²) >= 11 is 0. The Hall–Kier alpha value is -4.97. The molecule has 5 aromatic rings. The molecule has 9 nitrogen and oxygen atoms in total. The molecule has 0 atom stereocenters. The Morgan fingerprint density at radius 1 is 1.00 bits per heavy atom. The molecule has 0 bridgehead atoms. The van der Waals surface area contributed by atoms with E-state index in [1.54, 1.807) is 54.6 Å². The van der Waals surface area contributed by atoms with Gasteiger partial charge in [-0.15, -0.1) is 5.10 Å². The van der Waals surface area contributed by atoms with E-state index >= 15 is 0 Å². The summed E-state index contributed by atoms with van der Waals surface area (Å²) < 4.78 is 8.37. The van der Waals surface area contributed by atoms with E-state index in [0.29, 0.717) is 28.0 Å². The van der Waals surface area contributed by atoms with Crippen LogP contribution in [0.1, 0.15) is 5.56 Å². The number of hydrogen-bond donors (Lipinski definition) is 1. The second kappa shape index (κ2) is 8.28. The molecule has 0 fully saturated rings. The molecule has 0 saturated heterocycles. The van der Waals surface area contributed by atoms with Gasteiger partial charge in [-0.3, -0.25) is 4.79 Å². The summed E-state index contributed by atoms with van der Waals surface area (Å²) in [5.74, 6) is 0.263. The third-order valence-electron chi connectivity index (χ3n) is 4.92. The van der Waals surface area contributed by atoms with Gasteiger partial charge in [0, 0.05) is 5.69 Å². The number of nitrogens with one attached hydrogen (secondary N) is 1. The number of nitriles is 1. The molecule has 0 aliphatic carbocycles. The molecule has 0 saturated carbocycles. The number of benzene rings is 3. The molecule has 160 valence electrons. The number of carbonyl (C=O) groups is 1. The zero-order valence-electron chi connectivity index (χ0n) is 17.2. The van der Waals surface area contributed by atoms with E-state index in [1.165, 1.54) is 4.40 Å². The maximum absolute atomic E-state index is 13.2. The molecule has 1 N–H and O–H groups in total. The fourth-order valence-electron chi connectivity index (χ4n) is 3.41. The maximum Gasteiger partial charge on any atom is 0.351 e. The van der Waals surface area contributed by atoms with Crippen molar-refractivity contribution >= 4 is 28.3 Å². The van der Waals surface area contributed by atoms with Crippen molar-refractivity contribution in [2.75, 3.05) is 5.32 Å². The van der Waals surface area contributed by atoms with Gasteiger partial charge in [0.05, 0.1) is 22.7 Å². The normalized spacial score (nSPS) is 10.8. The van der Waals surface area contributed by atoms with Crippen LogP contribution in [0.15, 0.2) is 83.7 Å². The third kappa shape index (κ3) is 3.88. The quantitative estimate of drug-likeness (QED) is 0.452. The number of aromatic nitrogens is 4. The van der Waals surface area contributed by atoms with Crippen LogP contribution in [-0.4, -0.2) is 25.1 Å². The summed E-state index contributed by atoms with van der Waals surface area (Å²) in [6, 6.07) is 24.6.